The highest BCUT2D eigenvalue weighted by molar-refractivity contribution is 6.31. The molecule has 1 N–H and O–H groups in total. The van der Waals surface area contributed by atoms with Crippen molar-refractivity contribution in [1.82, 2.24) is 9.80 Å². The highest BCUT2D eigenvalue weighted by atomic mass is 35.5. The van der Waals surface area contributed by atoms with Crippen molar-refractivity contribution < 1.29 is 22.8 Å². The molecule has 0 saturated carbocycles. The molecule has 0 radical (unpaired) electrons. The number of carbonyl (C=O) groups excluding carboxylic acids is 2. The van der Waals surface area contributed by atoms with Crippen molar-refractivity contribution in [2.45, 2.75) is 25.1 Å². The van der Waals surface area contributed by atoms with Gasteiger partial charge in [0.15, 0.2) is 0 Å². The molecule has 5 nitrogen and oxygen atoms in total. The number of alkyl halides is 3. The zero-order valence-corrected chi connectivity index (χ0v) is 18.6. The van der Waals surface area contributed by atoms with Crippen LogP contribution in [0.4, 0.5) is 18.9 Å². The Bertz CT molecular complexity index is 967. The van der Waals surface area contributed by atoms with Gasteiger partial charge in [0.05, 0.1) is 16.5 Å². The van der Waals surface area contributed by atoms with E-state index in [9.17, 15) is 22.8 Å². The van der Waals surface area contributed by atoms with Gasteiger partial charge in [-0.3, -0.25) is 14.5 Å². The van der Waals surface area contributed by atoms with Crippen LogP contribution in [0, 0.1) is 5.92 Å². The van der Waals surface area contributed by atoms with E-state index in [1.54, 1.807) is 38.4 Å². The number of rotatable bonds is 5. The van der Waals surface area contributed by atoms with E-state index in [0.717, 1.165) is 25.0 Å². The zero-order chi connectivity index (χ0) is 23.5. The lowest BCUT2D eigenvalue weighted by molar-refractivity contribution is -0.137. The SMILES string of the molecule is CN(C)C(=O)C1CCCN(C(C(=O)Nc2ccc(Cl)c(C(F)(F)F)c2)c2ccccc2)C1. The first-order valence-electron chi connectivity index (χ1n) is 10.3. The van der Waals surface area contributed by atoms with Crippen LogP contribution in [0.3, 0.4) is 0 Å². The monoisotopic (exact) mass is 467 g/mol. The van der Waals surface area contributed by atoms with Crippen molar-refractivity contribution in [2.75, 3.05) is 32.5 Å². The highest BCUT2D eigenvalue weighted by Gasteiger charge is 2.36. The molecule has 0 aromatic heterocycles. The predicted octanol–water partition coefficient (Wildman–Crippen LogP) is 4.84. The van der Waals surface area contributed by atoms with Gasteiger partial charge in [-0.15, -0.1) is 0 Å². The van der Waals surface area contributed by atoms with Gasteiger partial charge in [0.1, 0.15) is 6.04 Å². The number of halogens is 4. The summed E-state index contributed by atoms with van der Waals surface area (Å²) in [4.78, 5) is 29.3. The molecule has 1 aliphatic heterocycles. The molecule has 1 aliphatic rings. The second-order valence-electron chi connectivity index (χ2n) is 8.06. The number of hydrogen-bond donors (Lipinski definition) is 1. The Hall–Kier alpha value is -2.58. The molecule has 0 spiro atoms. The predicted molar refractivity (Wildman–Crippen MR) is 117 cm³/mol. The lowest BCUT2D eigenvalue weighted by Crippen LogP contribution is -2.47. The number of amides is 2. The Labute approximate surface area is 190 Å². The van der Waals surface area contributed by atoms with Gasteiger partial charge >= 0.3 is 6.18 Å². The van der Waals surface area contributed by atoms with E-state index in [2.05, 4.69) is 5.32 Å². The summed E-state index contributed by atoms with van der Waals surface area (Å²) in [7, 11) is 3.39. The first-order chi connectivity index (χ1) is 15.1. The van der Waals surface area contributed by atoms with Crippen LogP contribution in [-0.2, 0) is 15.8 Å². The molecular weight excluding hydrogens is 443 g/mol. The fourth-order valence-electron chi connectivity index (χ4n) is 4.00. The third kappa shape index (κ3) is 5.61. The maximum Gasteiger partial charge on any atom is 0.417 e. The van der Waals surface area contributed by atoms with Crippen LogP contribution in [0.25, 0.3) is 0 Å². The van der Waals surface area contributed by atoms with Gasteiger partial charge in [-0.2, -0.15) is 13.2 Å². The largest absolute Gasteiger partial charge is 0.417 e. The topological polar surface area (TPSA) is 52.7 Å². The standard InChI is InChI=1S/C23H25ClF3N3O2/c1-29(2)22(32)16-9-6-12-30(14-16)20(15-7-4-3-5-8-15)21(31)28-17-10-11-19(24)18(13-17)23(25,26)27/h3-5,7-8,10-11,13,16,20H,6,9,12,14H2,1-2H3,(H,28,31). The second kappa shape index (κ2) is 9.92. The fraction of sp³-hybridized carbons (Fsp3) is 0.391. The van der Waals surface area contributed by atoms with E-state index >= 15 is 0 Å². The quantitative estimate of drug-likeness (QED) is 0.684. The second-order valence-corrected chi connectivity index (χ2v) is 8.47. The van der Waals surface area contributed by atoms with Crippen LogP contribution in [-0.4, -0.2) is 48.8 Å². The number of piperidine rings is 1. The lowest BCUT2D eigenvalue weighted by atomic mass is 9.93. The van der Waals surface area contributed by atoms with Crippen LogP contribution in [0.5, 0.6) is 0 Å². The van der Waals surface area contributed by atoms with Crippen molar-refractivity contribution in [3.63, 3.8) is 0 Å². The average molecular weight is 468 g/mol. The number of hydrogen-bond acceptors (Lipinski definition) is 3. The molecule has 1 heterocycles. The van der Waals surface area contributed by atoms with Crippen LogP contribution in [0.2, 0.25) is 5.02 Å². The smallest absolute Gasteiger partial charge is 0.349 e. The van der Waals surface area contributed by atoms with Gasteiger partial charge in [-0.25, -0.2) is 0 Å². The minimum absolute atomic E-state index is 0.00515. The molecule has 172 valence electrons. The lowest BCUT2D eigenvalue weighted by Gasteiger charge is -2.38. The van der Waals surface area contributed by atoms with E-state index in [1.807, 2.05) is 11.0 Å². The Morgan fingerprint density at radius 1 is 1.16 bits per heavy atom. The zero-order valence-electron chi connectivity index (χ0n) is 17.8. The molecule has 1 saturated heterocycles. The molecule has 2 aromatic rings. The fourth-order valence-corrected chi connectivity index (χ4v) is 4.23. The molecule has 9 heteroatoms. The van der Waals surface area contributed by atoms with Crippen LogP contribution in [0.1, 0.15) is 30.0 Å². The van der Waals surface area contributed by atoms with Gasteiger partial charge in [0.2, 0.25) is 11.8 Å². The maximum absolute atomic E-state index is 13.3. The molecule has 32 heavy (non-hydrogen) atoms. The molecule has 2 atom stereocenters. The summed E-state index contributed by atoms with van der Waals surface area (Å²) in [6.45, 7) is 0.983. The van der Waals surface area contributed by atoms with Crippen molar-refractivity contribution in [3.8, 4) is 0 Å². The Morgan fingerprint density at radius 3 is 2.47 bits per heavy atom. The molecule has 0 bridgehead atoms. The molecule has 0 aliphatic carbocycles. The Morgan fingerprint density at radius 2 is 1.84 bits per heavy atom. The van der Waals surface area contributed by atoms with Gasteiger partial charge < -0.3 is 10.2 Å². The number of benzene rings is 2. The van der Waals surface area contributed by atoms with E-state index in [0.29, 0.717) is 18.7 Å². The highest BCUT2D eigenvalue weighted by Crippen LogP contribution is 2.36. The van der Waals surface area contributed by atoms with E-state index in [4.69, 9.17) is 11.6 Å². The average Bonchev–Trinajstić information content (AvgIpc) is 2.75. The van der Waals surface area contributed by atoms with Crippen molar-refractivity contribution in [2.24, 2.45) is 5.92 Å². The van der Waals surface area contributed by atoms with Gasteiger partial charge in [-0.05, 0) is 43.1 Å². The summed E-state index contributed by atoms with van der Waals surface area (Å²) < 4.78 is 39.7. The molecular formula is C23H25ClF3N3O2. The van der Waals surface area contributed by atoms with Crippen LogP contribution < -0.4 is 5.32 Å². The molecule has 2 amide bonds. The minimum Gasteiger partial charge on any atom is -0.349 e. The third-order valence-corrected chi connectivity index (χ3v) is 5.84. The summed E-state index contributed by atoms with van der Waals surface area (Å²) in [6, 6.07) is 11.5. The number of nitrogens with zero attached hydrogens (tertiary/aromatic N) is 2. The summed E-state index contributed by atoms with van der Waals surface area (Å²) in [5.41, 5.74) is -0.304. The normalized spacial score (nSPS) is 18.1. The first-order valence-corrected chi connectivity index (χ1v) is 10.6. The van der Waals surface area contributed by atoms with Crippen molar-refractivity contribution in [1.29, 1.82) is 0 Å². The van der Waals surface area contributed by atoms with Crippen LogP contribution in [0.15, 0.2) is 48.5 Å². The number of likely N-dealkylation sites (tertiary alicyclic amines) is 1. The van der Waals surface area contributed by atoms with E-state index < -0.39 is 28.7 Å². The number of nitrogens with one attached hydrogen (secondary N) is 1. The Kier molecular flexibility index (Phi) is 7.46. The van der Waals surface area contributed by atoms with Crippen molar-refractivity contribution in [3.05, 3.63) is 64.7 Å². The van der Waals surface area contributed by atoms with Gasteiger partial charge in [0, 0.05) is 26.3 Å². The van der Waals surface area contributed by atoms with Gasteiger partial charge in [-0.1, -0.05) is 41.9 Å². The van der Waals surface area contributed by atoms with E-state index in [-0.39, 0.29) is 17.5 Å². The summed E-state index contributed by atoms with van der Waals surface area (Å²) in [5, 5.41) is 2.18. The molecule has 3 rings (SSSR count). The van der Waals surface area contributed by atoms with Gasteiger partial charge in [0.25, 0.3) is 0 Å². The summed E-state index contributed by atoms with van der Waals surface area (Å²) >= 11 is 5.69. The minimum atomic E-state index is -4.64. The summed E-state index contributed by atoms with van der Waals surface area (Å²) in [5.74, 6) is -0.718. The molecule has 2 aromatic carbocycles. The molecule has 1 fully saturated rings. The Balaban J connectivity index is 1.89. The molecule has 2 unspecified atom stereocenters. The third-order valence-electron chi connectivity index (χ3n) is 5.51. The number of anilines is 1. The number of carbonyl (C=O) groups is 2. The van der Waals surface area contributed by atoms with E-state index in [1.165, 1.54) is 11.0 Å². The van der Waals surface area contributed by atoms with Crippen LogP contribution >= 0.6 is 11.6 Å². The maximum atomic E-state index is 13.3. The first kappa shape index (κ1) is 24.1. The summed E-state index contributed by atoms with van der Waals surface area (Å²) in [6.07, 6.45) is -3.17. The van der Waals surface area contributed by atoms with Crippen molar-refractivity contribution >= 4 is 29.1 Å².